The summed E-state index contributed by atoms with van der Waals surface area (Å²) in [5.74, 6) is 1.15. The Morgan fingerprint density at radius 3 is 2.87 bits per heavy atom. The summed E-state index contributed by atoms with van der Waals surface area (Å²) in [6, 6.07) is 6.95. The van der Waals surface area contributed by atoms with E-state index in [1.807, 2.05) is 12.1 Å². The Balaban J connectivity index is 1.71. The van der Waals surface area contributed by atoms with E-state index in [4.69, 9.17) is 9.72 Å². The van der Waals surface area contributed by atoms with E-state index >= 15 is 0 Å². The average molecular weight is 433 g/mol. The Hall–Kier alpha value is -3.46. The second kappa shape index (κ2) is 7.66. The van der Waals surface area contributed by atoms with Crippen LogP contribution >= 0.6 is 11.3 Å². The van der Waals surface area contributed by atoms with Crippen LogP contribution in [0.25, 0.3) is 21.6 Å². The molecule has 8 nitrogen and oxygen atoms in total. The molecule has 1 aliphatic carbocycles. The van der Waals surface area contributed by atoms with Crippen molar-refractivity contribution in [1.29, 1.82) is 0 Å². The van der Waals surface area contributed by atoms with Crippen LogP contribution < -0.4 is 4.74 Å². The second-order valence-corrected chi connectivity index (χ2v) is 8.84. The number of fused-ring (bicyclic) bond motifs is 3. The number of ether oxygens (including phenoxy) is 1. The van der Waals surface area contributed by atoms with Crippen LogP contribution in [0.4, 0.5) is 5.82 Å². The van der Waals surface area contributed by atoms with Gasteiger partial charge in [-0.05, 0) is 64.9 Å². The molecule has 5 rings (SSSR count). The summed E-state index contributed by atoms with van der Waals surface area (Å²) in [7, 11) is 0. The van der Waals surface area contributed by atoms with Crippen LogP contribution in [-0.4, -0.2) is 24.9 Å². The molecule has 4 heterocycles. The van der Waals surface area contributed by atoms with Gasteiger partial charge in [-0.25, -0.2) is 4.98 Å². The number of hydrogen-bond donors (Lipinski definition) is 0. The van der Waals surface area contributed by atoms with E-state index in [0.29, 0.717) is 23.3 Å². The fourth-order valence-corrected chi connectivity index (χ4v) is 5.23. The Morgan fingerprint density at radius 2 is 2.10 bits per heavy atom. The summed E-state index contributed by atoms with van der Waals surface area (Å²) in [5, 5.41) is 12.4. The highest BCUT2D eigenvalue weighted by Gasteiger charge is 2.27. The SMILES string of the molecule is Cc1ccc(Oc2nc(-c3cccnc3)nc3sc4c(c23)CC[C@H](C)C4)c([N+](=O)[O-])n1. The van der Waals surface area contributed by atoms with Gasteiger partial charge < -0.3 is 14.9 Å². The van der Waals surface area contributed by atoms with Crippen LogP contribution in [0.3, 0.4) is 0 Å². The van der Waals surface area contributed by atoms with Gasteiger partial charge in [-0.1, -0.05) is 6.92 Å². The van der Waals surface area contributed by atoms with Crippen molar-refractivity contribution in [2.24, 2.45) is 5.92 Å². The van der Waals surface area contributed by atoms with Gasteiger partial charge in [0.1, 0.15) is 10.5 Å². The van der Waals surface area contributed by atoms with E-state index < -0.39 is 4.92 Å². The van der Waals surface area contributed by atoms with Crippen molar-refractivity contribution in [3.8, 4) is 23.0 Å². The number of nitrogens with zero attached hydrogens (tertiary/aromatic N) is 5. The lowest BCUT2D eigenvalue weighted by Gasteiger charge is -2.18. The molecule has 0 aromatic carbocycles. The molecular weight excluding hydrogens is 414 g/mol. The number of thiophene rings is 1. The first kappa shape index (κ1) is 19.5. The van der Waals surface area contributed by atoms with Crippen LogP contribution in [0.1, 0.15) is 29.5 Å². The Morgan fingerprint density at radius 1 is 1.23 bits per heavy atom. The van der Waals surface area contributed by atoms with E-state index in [0.717, 1.165) is 35.0 Å². The quantitative estimate of drug-likeness (QED) is 0.318. The highest BCUT2D eigenvalue weighted by Crippen LogP contribution is 2.43. The molecule has 4 aromatic rings. The lowest BCUT2D eigenvalue weighted by Crippen LogP contribution is -2.09. The minimum absolute atomic E-state index is 0.0665. The molecule has 0 amide bonds. The minimum atomic E-state index is -0.534. The Bertz CT molecular complexity index is 1310. The molecular formula is C22H19N5O3S. The summed E-state index contributed by atoms with van der Waals surface area (Å²) in [5.41, 5.74) is 2.49. The molecule has 0 saturated carbocycles. The van der Waals surface area contributed by atoms with Crippen LogP contribution in [0, 0.1) is 23.0 Å². The van der Waals surface area contributed by atoms with Crippen molar-refractivity contribution in [3.05, 3.63) is 62.9 Å². The molecule has 0 aliphatic heterocycles. The first-order chi connectivity index (χ1) is 15.0. The van der Waals surface area contributed by atoms with Gasteiger partial charge in [0.05, 0.1) is 5.39 Å². The van der Waals surface area contributed by atoms with Gasteiger partial charge in [0, 0.05) is 29.8 Å². The number of rotatable bonds is 4. The van der Waals surface area contributed by atoms with E-state index in [1.54, 1.807) is 42.8 Å². The van der Waals surface area contributed by atoms with Gasteiger partial charge in [-0.3, -0.25) is 4.98 Å². The lowest BCUT2D eigenvalue weighted by atomic mass is 9.89. The van der Waals surface area contributed by atoms with Crippen molar-refractivity contribution in [2.45, 2.75) is 33.1 Å². The molecule has 0 radical (unpaired) electrons. The third-order valence-electron chi connectivity index (χ3n) is 5.40. The molecule has 0 spiro atoms. The third-order valence-corrected chi connectivity index (χ3v) is 6.55. The molecule has 9 heteroatoms. The van der Waals surface area contributed by atoms with Crippen molar-refractivity contribution in [3.63, 3.8) is 0 Å². The highest BCUT2D eigenvalue weighted by molar-refractivity contribution is 7.18. The maximum atomic E-state index is 11.6. The first-order valence-electron chi connectivity index (χ1n) is 10.0. The van der Waals surface area contributed by atoms with Gasteiger partial charge >= 0.3 is 5.82 Å². The monoisotopic (exact) mass is 433 g/mol. The Kier molecular flexibility index (Phi) is 4.82. The molecule has 0 saturated heterocycles. The highest BCUT2D eigenvalue weighted by atomic mass is 32.1. The fourth-order valence-electron chi connectivity index (χ4n) is 3.85. The summed E-state index contributed by atoms with van der Waals surface area (Å²) >= 11 is 1.65. The molecule has 156 valence electrons. The topological polar surface area (TPSA) is 104 Å². The summed E-state index contributed by atoms with van der Waals surface area (Å²) in [6.45, 7) is 3.95. The van der Waals surface area contributed by atoms with E-state index in [-0.39, 0.29) is 11.6 Å². The molecule has 1 aliphatic rings. The molecule has 0 unspecified atom stereocenters. The van der Waals surface area contributed by atoms with Crippen molar-refractivity contribution in [1.82, 2.24) is 19.9 Å². The maximum Gasteiger partial charge on any atom is 0.407 e. The minimum Gasteiger partial charge on any atom is -0.429 e. The van der Waals surface area contributed by atoms with Gasteiger partial charge in [0.15, 0.2) is 5.82 Å². The smallest absolute Gasteiger partial charge is 0.407 e. The lowest BCUT2D eigenvalue weighted by molar-refractivity contribution is -0.390. The van der Waals surface area contributed by atoms with Gasteiger partial charge in [-0.2, -0.15) is 4.98 Å². The summed E-state index contributed by atoms with van der Waals surface area (Å²) < 4.78 is 6.08. The largest absolute Gasteiger partial charge is 0.429 e. The van der Waals surface area contributed by atoms with Gasteiger partial charge in [0.25, 0.3) is 0 Å². The zero-order valence-corrected chi connectivity index (χ0v) is 17.8. The van der Waals surface area contributed by atoms with Crippen molar-refractivity contribution in [2.75, 3.05) is 0 Å². The van der Waals surface area contributed by atoms with Crippen LogP contribution in [0.5, 0.6) is 11.6 Å². The Labute approximate surface area is 182 Å². The summed E-state index contributed by atoms with van der Waals surface area (Å²) in [6.07, 6.45) is 6.36. The number of aryl methyl sites for hydroxylation is 2. The van der Waals surface area contributed by atoms with Crippen molar-refractivity contribution < 1.29 is 9.66 Å². The standard InChI is InChI=1S/C22H19N5O3S/c1-12-5-7-15-17(10-12)31-22-18(15)21(25-19(26-22)14-4-3-9-23-11-14)30-16-8-6-13(2)24-20(16)27(28)29/h3-4,6,8-9,11-12H,5,7,10H2,1-2H3/t12-/m0/s1. The molecule has 4 aromatic heterocycles. The molecule has 31 heavy (non-hydrogen) atoms. The van der Waals surface area contributed by atoms with Crippen LogP contribution in [0.15, 0.2) is 36.7 Å². The second-order valence-electron chi connectivity index (χ2n) is 7.76. The maximum absolute atomic E-state index is 11.6. The number of pyridine rings is 2. The van der Waals surface area contributed by atoms with Crippen molar-refractivity contribution >= 4 is 27.4 Å². The van der Waals surface area contributed by atoms with E-state index in [2.05, 4.69) is 21.9 Å². The van der Waals surface area contributed by atoms with Gasteiger partial charge in [0.2, 0.25) is 11.6 Å². The van der Waals surface area contributed by atoms with Crippen LogP contribution in [0.2, 0.25) is 0 Å². The predicted octanol–water partition coefficient (Wildman–Crippen LogP) is 5.28. The number of aromatic nitrogens is 4. The molecule has 0 bridgehead atoms. The zero-order valence-electron chi connectivity index (χ0n) is 17.0. The van der Waals surface area contributed by atoms with E-state index in [1.165, 1.54) is 10.4 Å². The first-order valence-corrected chi connectivity index (χ1v) is 10.8. The molecule has 1 atom stereocenters. The number of hydrogen-bond acceptors (Lipinski definition) is 8. The van der Waals surface area contributed by atoms with Crippen LogP contribution in [-0.2, 0) is 12.8 Å². The van der Waals surface area contributed by atoms with E-state index in [9.17, 15) is 10.1 Å². The average Bonchev–Trinajstić information content (AvgIpc) is 3.13. The van der Waals surface area contributed by atoms with Gasteiger partial charge in [-0.15, -0.1) is 11.3 Å². The fraction of sp³-hybridized carbons (Fsp3) is 0.273. The normalized spacial score (nSPS) is 15.6. The third kappa shape index (κ3) is 3.61. The summed E-state index contributed by atoms with van der Waals surface area (Å²) in [4.78, 5) is 30.8. The molecule has 0 N–H and O–H groups in total. The predicted molar refractivity (Wildman–Crippen MR) is 118 cm³/mol. The zero-order chi connectivity index (χ0) is 21.5. The molecule has 0 fully saturated rings. The number of nitro groups is 1.